The van der Waals surface area contributed by atoms with Gasteiger partial charge in [-0.05, 0) is 45.7 Å². The fraction of sp³-hybridized carbons (Fsp3) is 0.938. The van der Waals surface area contributed by atoms with E-state index in [1.54, 1.807) is 0 Å². The highest BCUT2D eigenvalue weighted by Gasteiger charge is 2.36. The van der Waals surface area contributed by atoms with Gasteiger partial charge in [0.05, 0.1) is 0 Å². The van der Waals surface area contributed by atoms with Crippen LogP contribution in [0.3, 0.4) is 0 Å². The van der Waals surface area contributed by atoms with Crippen LogP contribution in [0, 0.1) is 5.92 Å². The van der Waals surface area contributed by atoms with Crippen LogP contribution < -0.4 is 11.1 Å². The maximum absolute atomic E-state index is 12.2. The Bertz CT molecular complexity index is 324. The lowest BCUT2D eigenvalue weighted by Gasteiger charge is -2.37. The molecule has 4 nitrogen and oxygen atoms in total. The lowest BCUT2D eigenvalue weighted by Crippen LogP contribution is -2.51. The van der Waals surface area contributed by atoms with Crippen molar-refractivity contribution in [3.8, 4) is 0 Å². The van der Waals surface area contributed by atoms with Gasteiger partial charge in [0.1, 0.15) is 0 Å². The van der Waals surface area contributed by atoms with Gasteiger partial charge in [-0.15, -0.1) is 0 Å². The van der Waals surface area contributed by atoms with Gasteiger partial charge in [0, 0.05) is 24.5 Å². The van der Waals surface area contributed by atoms with E-state index in [0.717, 1.165) is 19.4 Å². The van der Waals surface area contributed by atoms with E-state index in [0.29, 0.717) is 12.3 Å². The molecule has 0 bridgehead atoms. The zero-order valence-electron chi connectivity index (χ0n) is 13.2. The van der Waals surface area contributed by atoms with Crippen molar-refractivity contribution >= 4 is 5.91 Å². The first-order valence-electron chi connectivity index (χ1n) is 8.23. The van der Waals surface area contributed by atoms with Gasteiger partial charge in [0.2, 0.25) is 5.91 Å². The van der Waals surface area contributed by atoms with Gasteiger partial charge >= 0.3 is 0 Å². The third-order valence-corrected chi connectivity index (χ3v) is 5.51. The Balaban J connectivity index is 1.79. The van der Waals surface area contributed by atoms with Gasteiger partial charge in [0.15, 0.2) is 0 Å². The van der Waals surface area contributed by atoms with Crippen molar-refractivity contribution in [2.75, 3.05) is 20.6 Å². The molecule has 0 saturated heterocycles. The van der Waals surface area contributed by atoms with Crippen LogP contribution in [0.25, 0.3) is 0 Å². The van der Waals surface area contributed by atoms with Gasteiger partial charge in [-0.3, -0.25) is 4.79 Å². The number of hydrogen-bond donors (Lipinski definition) is 2. The third-order valence-electron chi connectivity index (χ3n) is 5.51. The summed E-state index contributed by atoms with van der Waals surface area (Å²) in [6, 6.07) is 0.226. The molecule has 2 unspecified atom stereocenters. The van der Waals surface area contributed by atoms with E-state index in [-0.39, 0.29) is 17.5 Å². The fourth-order valence-electron chi connectivity index (χ4n) is 3.88. The molecular formula is C16H31N3O. The number of carbonyl (C=O) groups is 1. The number of amides is 1. The Labute approximate surface area is 123 Å². The molecule has 0 aromatic carbocycles. The van der Waals surface area contributed by atoms with Crippen molar-refractivity contribution < 1.29 is 4.79 Å². The molecule has 0 aromatic heterocycles. The summed E-state index contributed by atoms with van der Waals surface area (Å²) in [7, 11) is 4.27. The van der Waals surface area contributed by atoms with E-state index >= 15 is 0 Å². The van der Waals surface area contributed by atoms with E-state index in [1.165, 1.54) is 38.5 Å². The average Bonchev–Trinajstić information content (AvgIpc) is 2.89. The number of nitrogens with zero attached hydrogens (tertiary/aromatic N) is 1. The van der Waals surface area contributed by atoms with Crippen LogP contribution in [-0.4, -0.2) is 43.0 Å². The highest BCUT2D eigenvalue weighted by molar-refractivity contribution is 5.76. The Morgan fingerprint density at radius 3 is 2.45 bits per heavy atom. The number of nitrogens with one attached hydrogen (secondary N) is 1. The Hall–Kier alpha value is -0.610. The molecule has 2 aliphatic carbocycles. The molecule has 20 heavy (non-hydrogen) atoms. The minimum Gasteiger partial charge on any atom is -0.354 e. The van der Waals surface area contributed by atoms with Crippen molar-refractivity contribution in [1.29, 1.82) is 0 Å². The molecule has 116 valence electrons. The van der Waals surface area contributed by atoms with E-state index in [2.05, 4.69) is 24.3 Å². The number of rotatable bonds is 5. The van der Waals surface area contributed by atoms with Crippen molar-refractivity contribution in [2.45, 2.75) is 69.4 Å². The van der Waals surface area contributed by atoms with E-state index in [4.69, 9.17) is 5.73 Å². The molecule has 0 aromatic rings. The van der Waals surface area contributed by atoms with Crippen LogP contribution in [0.1, 0.15) is 57.8 Å². The molecule has 2 atom stereocenters. The molecule has 2 aliphatic rings. The summed E-state index contributed by atoms with van der Waals surface area (Å²) in [4.78, 5) is 14.5. The zero-order chi connectivity index (χ0) is 14.6. The maximum Gasteiger partial charge on any atom is 0.220 e. The molecule has 2 fully saturated rings. The molecule has 1 amide bonds. The predicted molar refractivity (Wildman–Crippen MR) is 82.4 cm³/mol. The Morgan fingerprint density at radius 1 is 1.20 bits per heavy atom. The minimum atomic E-state index is 0.185. The number of nitrogens with two attached hydrogens (primary N) is 1. The number of carbonyl (C=O) groups excluding carboxylic acids is 1. The molecular weight excluding hydrogens is 250 g/mol. The summed E-state index contributed by atoms with van der Waals surface area (Å²) in [5, 5.41) is 3.18. The number of hydrogen-bond acceptors (Lipinski definition) is 3. The molecule has 2 rings (SSSR count). The summed E-state index contributed by atoms with van der Waals surface area (Å²) in [5.74, 6) is 0.586. The van der Waals surface area contributed by atoms with E-state index in [1.807, 2.05) is 0 Å². The van der Waals surface area contributed by atoms with Gasteiger partial charge in [-0.1, -0.05) is 25.7 Å². The first kappa shape index (κ1) is 15.8. The van der Waals surface area contributed by atoms with Gasteiger partial charge < -0.3 is 16.0 Å². The first-order valence-corrected chi connectivity index (χ1v) is 8.23. The molecule has 4 heteroatoms. The second kappa shape index (κ2) is 6.90. The lowest BCUT2D eigenvalue weighted by atomic mass is 9.83. The third kappa shape index (κ3) is 3.73. The predicted octanol–water partition coefficient (Wildman–Crippen LogP) is 1.88. The molecule has 0 heterocycles. The van der Waals surface area contributed by atoms with Gasteiger partial charge in [0.25, 0.3) is 0 Å². The smallest absolute Gasteiger partial charge is 0.220 e. The van der Waals surface area contributed by atoms with Crippen LogP contribution >= 0.6 is 0 Å². The second-order valence-corrected chi connectivity index (χ2v) is 7.02. The van der Waals surface area contributed by atoms with Crippen molar-refractivity contribution in [3.05, 3.63) is 0 Å². The van der Waals surface area contributed by atoms with Crippen molar-refractivity contribution in [2.24, 2.45) is 11.7 Å². The maximum atomic E-state index is 12.2. The first-order chi connectivity index (χ1) is 9.53. The van der Waals surface area contributed by atoms with Gasteiger partial charge in [-0.25, -0.2) is 0 Å². The minimum absolute atomic E-state index is 0.185. The SMILES string of the molecule is CN(C)C1(CNC(=O)CC2CCCCC2N)CCCC1. The van der Waals surface area contributed by atoms with Crippen LogP contribution in [0.2, 0.25) is 0 Å². The quantitative estimate of drug-likeness (QED) is 0.809. The molecule has 2 saturated carbocycles. The number of likely N-dealkylation sites (N-methyl/N-ethyl adjacent to an activating group) is 1. The summed E-state index contributed by atoms with van der Waals surface area (Å²) in [6.07, 6.45) is 10.2. The largest absolute Gasteiger partial charge is 0.354 e. The van der Waals surface area contributed by atoms with Gasteiger partial charge in [-0.2, -0.15) is 0 Å². The normalized spacial score (nSPS) is 29.6. The fourth-order valence-corrected chi connectivity index (χ4v) is 3.88. The Morgan fingerprint density at radius 2 is 1.85 bits per heavy atom. The summed E-state index contributed by atoms with van der Waals surface area (Å²) in [6.45, 7) is 0.792. The summed E-state index contributed by atoms with van der Waals surface area (Å²) >= 11 is 0. The zero-order valence-corrected chi connectivity index (χ0v) is 13.2. The molecule has 0 radical (unpaired) electrons. The molecule has 0 aliphatic heterocycles. The second-order valence-electron chi connectivity index (χ2n) is 7.02. The average molecular weight is 281 g/mol. The van der Waals surface area contributed by atoms with Crippen molar-refractivity contribution in [1.82, 2.24) is 10.2 Å². The van der Waals surface area contributed by atoms with E-state index < -0.39 is 0 Å². The standard InChI is InChI=1S/C16H31N3O/c1-19(2)16(9-5-6-10-16)12-18-15(20)11-13-7-3-4-8-14(13)17/h13-14H,3-12,17H2,1-2H3,(H,18,20). The Kier molecular flexibility index (Phi) is 5.44. The molecule has 0 spiro atoms. The topological polar surface area (TPSA) is 58.4 Å². The van der Waals surface area contributed by atoms with Crippen LogP contribution in [0.5, 0.6) is 0 Å². The van der Waals surface area contributed by atoms with Crippen LogP contribution in [-0.2, 0) is 4.79 Å². The van der Waals surface area contributed by atoms with Crippen molar-refractivity contribution in [3.63, 3.8) is 0 Å². The van der Waals surface area contributed by atoms with Crippen LogP contribution in [0.4, 0.5) is 0 Å². The lowest BCUT2D eigenvalue weighted by molar-refractivity contribution is -0.123. The summed E-state index contributed by atoms with van der Waals surface area (Å²) in [5.41, 5.74) is 6.32. The monoisotopic (exact) mass is 281 g/mol. The highest BCUT2D eigenvalue weighted by Crippen LogP contribution is 2.33. The van der Waals surface area contributed by atoms with E-state index in [9.17, 15) is 4.79 Å². The molecule has 3 N–H and O–H groups in total. The highest BCUT2D eigenvalue weighted by atomic mass is 16.1. The van der Waals surface area contributed by atoms with Crippen LogP contribution in [0.15, 0.2) is 0 Å². The summed E-state index contributed by atoms with van der Waals surface area (Å²) < 4.78 is 0.